The van der Waals surface area contributed by atoms with E-state index in [-0.39, 0.29) is 5.38 Å². The van der Waals surface area contributed by atoms with Gasteiger partial charge in [0.05, 0.1) is 13.2 Å². The summed E-state index contributed by atoms with van der Waals surface area (Å²) in [5, 5.41) is -0.289. The van der Waals surface area contributed by atoms with Gasteiger partial charge in [-0.1, -0.05) is 0 Å². The van der Waals surface area contributed by atoms with Gasteiger partial charge in [-0.15, -0.1) is 11.6 Å². The Morgan fingerprint density at radius 3 is 2.31 bits per heavy atom. The van der Waals surface area contributed by atoms with E-state index in [0.29, 0.717) is 26.3 Å². The highest BCUT2D eigenvalue weighted by molar-refractivity contribution is 7.87. The lowest BCUT2D eigenvalue weighted by Gasteiger charge is -2.33. The fraction of sp³-hybridized carbons (Fsp3) is 1.00. The van der Waals surface area contributed by atoms with E-state index in [4.69, 9.17) is 16.3 Å². The molecule has 0 aromatic rings. The maximum Gasteiger partial charge on any atom is 0.280 e. The van der Waals surface area contributed by atoms with Crippen LogP contribution in [-0.4, -0.2) is 49.9 Å². The van der Waals surface area contributed by atoms with E-state index < -0.39 is 15.7 Å². The van der Waals surface area contributed by atoms with Gasteiger partial charge in [0.2, 0.25) is 0 Å². The number of halogens is 1. The van der Waals surface area contributed by atoms with E-state index in [1.807, 2.05) is 0 Å². The third kappa shape index (κ3) is 3.56. The van der Waals surface area contributed by atoms with Crippen molar-refractivity contribution >= 4 is 21.8 Å². The Kier molecular flexibility index (Phi) is 4.59. The summed E-state index contributed by atoms with van der Waals surface area (Å²) in [6, 6.07) is 0. The van der Waals surface area contributed by atoms with Gasteiger partial charge in [0.15, 0.2) is 0 Å². The third-order valence-corrected chi connectivity index (χ3v) is 5.07. The zero-order chi connectivity index (χ0) is 12.4. The Morgan fingerprint density at radius 2 is 1.88 bits per heavy atom. The Morgan fingerprint density at radius 1 is 1.38 bits per heavy atom. The maximum atomic E-state index is 12.0. The van der Waals surface area contributed by atoms with Crippen LogP contribution >= 0.6 is 11.6 Å². The van der Waals surface area contributed by atoms with Gasteiger partial charge in [-0.05, 0) is 20.8 Å². The summed E-state index contributed by atoms with van der Waals surface area (Å²) in [7, 11) is -3.47. The summed E-state index contributed by atoms with van der Waals surface area (Å²) >= 11 is 5.94. The Bertz CT molecular complexity index is 324. The van der Waals surface area contributed by atoms with Crippen molar-refractivity contribution in [2.24, 2.45) is 0 Å². The molecular weight excluding hydrogens is 252 g/mol. The van der Waals surface area contributed by atoms with Gasteiger partial charge >= 0.3 is 0 Å². The monoisotopic (exact) mass is 270 g/mol. The lowest BCUT2D eigenvalue weighted by atomic mass is 10.0. The number of hydrogen-bond acceptors (Lipinski definition) is 3. The number of morpholine rings is 1. The minimum Gasteiger partial charge on any atom is -0.379 e. The highest BCUT2D eigenvalue weighted by Crippen LogP contribution is 2.17. The molecule has 16 heavy (non-hydrogen) atoms. The Hall–Kier alpha value is 0.120. The van der Waals surface area contributed by atoms with E-state index in [1.54, 1.807) is 20.8 Å². The standard InChI is InChI=1S/C9H19ClN2O3S/c1-8(10)9(2,3)11-16(13,14)12-4-6-15-7-5-12/h8,11H,4-7H2,1-3H3. The second-order valence-corrected chi connectivity index (χ2v) is 6.78. The molecule has 0 amide bonds. The Labute approximate surface area is 102 Å². The molecule has 1 heterocycles. The van der Waals surface area contributed by atoms with Crippen LogP contribution < -0.4 is 4.72 Å². The average molecular weight is 271 g/mol. The van der Waals surface area contributed by atoms with Gasteiger partial charge in [0.25, 0.3) is 10.2 Å². The molecule has 96 valence electrons. The van der Waals surface area contributed by atoms with Crippen LogP contribution in [0.2, 0.25) is 0 Å². The van der Waals surface area contributed by atoms with Crippen molar-refractivity contribution in [1.29, 1.82) is 0 Å². The lowest BCUT2D eigenvalue weighted by Crippen LogP contribution is -2.55. The summed E-state index contributed by atoms with van der Waals surface area (Å²) in [4.78, 5) is 0. The minimum absolute atomic E-state index is 0.289. The largest absolute Gasteiger partial charge is 0.379 e. The van der Waals surface area contributed by atoms with Crippen molar-refractivity contribution in [2.75, 3.05) is 26.3 Å². The third-order valence-electron chi connectivity index (χ3n) is 2.70. The molecule has 0 bridgehead atoms. The molecule has 0 spiro atoms. The maximum absolute atomic E-state index is 12.0. The summed E-state index contributed by atoms with van der Waals surface area (Å²) in [6.45, 7) is 6.97. The van der Waals surface area contributed by atoms with Crippen molar-refractivity contribution in [3.8, 4) is 0 Å². The Balaban J connectivity index is 2.71. The van der Waals surface area contributed by atoms with Crippen LogP contribution in [0.15, 0.2) is 0 Å². The minimum atomic E-state index is -3.47. The molecule has 1 rings (SSSR count). The highest BCUT2D eigenvalue weighted by atomic mass is 35.5. The zero-order valence-corrected chi connectivity index (χ0v) is 11.4. The van der Waals surface area contributed by atoms with Gasteiger partial charge in [-0.3, -0.25) is 0 Å². The van der Waals surface area contributed by atoms with Crippen molar-refractivity contribution in [2.45, 2.75) is 31.7 Å². The summed E-state index contributed by atoms with van der Waals surface area (Å²) in [5.74, 6) is 0. The first-order valence-electron chi connectivity index (χ1n) is 5.26. The summed E-state index contributed by atoms with van der Waals surface area (Å²) in [6.07, 6.45) is 0. The second kappa shape index (κ2) is 5.18. The van der Waals surface area contributed by atoms with Gasteiger partial charge in [-0.2, -0.15) is 17.4 Å². The van der Waals surface area contributed by atoms with Crippen LogP contribution in [-0.2, 0) is 14.9 Å². The van der Waals surface area contributed by atoms with Crippen molar-refractivity contribution in [3.05, 3.63) is 0 Å². The molecule has 1 fully saturated rings. The normalized spacial score (nSPS) is 22.0. The summed E-state index contributed by atoms with van der Waals surface area (Å²) < 4.78 is 33.1. The van der Waals surface area contributed by atoms with E-state index in [2.05, 4.69) is 4.72 Å². The lowest BCUT2D eigenvalue weighted by molar-refractivity contribution is 0.0720. The molecule has 1 N–H and O–H groups in total. The van der Waals surface area contributed by atoms with Gasteiger partial charge in [0, 0.05) is 24.0 Å². The molecule has 1 aliphatic heterocycles. The zero-order valence-electron chi connectivity index (χ0n) is 9.86. The number of alkyl halides is 1. The molecule has 1 atom stereocenters. The molecule has 7 heteroatoms. The van der Waals surface area contributed by atoms with Crippen molar-refractivity contribution in [3.63, 3.8) is 0 Å². The first-order chi connectivity index (χ1) is 7.26. The predicted molar refractivity (Wildman–Crippen MR) is 63.8 cm³/mol. The number of ether oxygens (including phenoxy) is 1. The van der Waals surface area contributed by atoms with Crippen LogP contribution in [0, 0.1) is 0 Å². The highest BCUT2D eigenvalue weighted by Gasteiger charge is 2.33. The van der Waals surface area contributed by atoms with E-state index in [0.717, 1.165) is 0 Å². The molecule has 0 saturated carbocycles. The molecule has 1 unspecified atom stereocenters. The van der Waals surface area contributed by atoms with E-state index in [1.165, 1.54) is 4.31 Å². The van der Waals surface area contributed by atoms with Crippen LogP contribution in [0.25, 0.3) is 0 Å². The number of hydrogen-bond donors (Lipinski definition) is 1. The van der Waals surface area contributed by atoms with Gasteiger partial charge in [-0.25, -0.2) is 0 Å². The van der Waals surface area contributed by atoms with Crippen LogP contribution in [0.4, 0.5) is 0 Å². The molecule has 1 saturated heterocycles. The number of nitrogens with one attached hydrogen (secondary N) is 1. The molecule has 0 aliphatic carbocycles. The smallest absolute Gasteiger partial charge is 0.280 e. The SMILES string of the molecule is CC(Cl)C(C)(C)NS(=O)(=O)N1CCOCC1. The fourth-order valence-corrected chi connectivity index (χ4v) is 2.98. The predicted octanol–water partition coefficient (Wildman–Crippen LogP) is 0.559. The second-order valence-electron chi connectivity index (χ2n) is 4.46. The van der Waals surface area contributed by atoms with Gasteiger partial charge < -0.3 is 4.74 Å². The molecule has 0 aromatic heterocycles. The first kappa shape index (κ1) is 14.2. The van der Waals surface area contributed by atoms with Gasteiger partial charge in [0.1, 0.15) is 0 Å². The van der Waals surface area contributed by atoms with Crippen LogP contribution in [0.5, 0.6) is 0 Å². The number of rotatable bonds is 4. The molecule has 0 aromatic carbocycles. The van der Waals surface area contributed by atoms with E-state index >= 15 is 0 Å². The van der Waals surface area contributed by atoms with Crippen LogP contribution in [0.1, 0.15) is 20.8 Å². The molecule has 1 aliphatic rings. The average Bonchev–Trinajstić information content (AvgIpc) is 2.17. The first-order valence-corrected chi connectivity index (χ1v) is 7.14. The fourth-order valence-electron chi connectivity index (χ4n) is 1.27. The van der Waals surface area contributed by atoms with Crippen molar-refractivity contribution < 1.29 is 13.2 Å². The molecular formula is C9H19ClN2O3S. The molecule has 5 nitrogen and oxygen atoms in total. The topological polar surface area (TPSA) is 58.6 Å². The quantitative estimate of drug-likeness (QED) is 0.760. The summed E-state index contributed by atoms with van der Waals surface area (Å²) in [5.41, 5.74) is -0.668. The van der Waals surface area contributed by atoms with E-state index in [9.17, 15) is 8.42 Å². The van der Waals surface area contributed by atoms with Crippen LogP contribution in [0.3, 0.4) is 0 Å². The molecule has 0 radical (unpaired) electrons. The van der Waals surface area contributed by atoms with Crippen molar-refractivity contribution in [1.82, 2.24) is 9.03 Å². The number of nitrogens with zero attached hydrogens (tertiary/aromatic N) is 1.